The first kappa shape index (κ1) is 22.0. The van der Waals surface area contributed by atoms with Crippen LogP contribution in [0.5, 0.6) is 5.75 Å². The first-order valence-corrected chi connectivity index (χ1v) is 10.2. The average Bonchev–Trinajstić information content (AvgIpc) is 2.69. The molecule has 0 bridgehead atoms. The number of aryl methyl sites for hydroxylation is 1. The van der Waals surface area contributed by atoms with Gasteiger partial charge in [0.15, 0.2) is 6.61 Å². The minimum absolute atomic E-state index is 0.126. The molecule has 0 fully saturated rings. The normalized spacial score (nSPS) is 11.6. The van der Waals surface area contributed by atoms with Crippen LogP contribution in [0.4, 0.5) is 0 Å². The van der Waals surface area contributed by atoms with Gasteiger partial charge in [0.2, 0.25) is 5.91 Å². The fourth-order valence-electron chi connectivity index (χ4n) is 2.74. The van der Waals surface area contributed by atoms with Crippen molar-refractivity contribution in [3.63, 3.8) is 0 Å². The summed E-state index contributed by atoms with van der Waals surface area (Å²) in [5.74, 6) is 0.213. The summed E-state index contributed by atoms with van der Waals surface area (Å²) in [5, 5.41) is 2.87. The van der Waals surface area contributed by atoms with E-state index in [4.69, 9.17) is 4.74 Å². The summed E-state index contributed by atoms with van der Waals surface area (Å²) in [4.78, 5) is 26.9. The van der Waals surface area contributed by atoms with E-state index in [0.717, 1.165) is 22.0 Å². The van der Waals surface area contributed by atoms with Crippen LogP contribution in [0, 0.1) is 6.92 Å². The van der Waals surface area contributed by atoms with Gasteiger partial charge >= 0.3 is 0 Å². The number of nitrogens with zero attached hydrogens (tertiary/aromatic N) is 1. The van der Waals surface area contributed by atoms with Crippen LogP contribution in [-0.4, -0.2) is 35.9 Å². The number of hydrogen-bond donors (Lipinski definition) is 1. The molecule has 0 aliphatic rings. The molecule has 5 nitrogen and oxygen atoms in total. The third-order valence-corrected chi connectivity index (χ3v) is 4.86. The maximum Gasteiger partial charge on any atom is 0.261 e. The molecule has 1 atom stereocenters. The van der Waals surface area contributed by atoms with Crippen LogP contribution in [0.3, 0.4) is 0 Å². The van der Waals surface area contributed by atoms with Crippen LogP contribution in [0.1, 0.15) is 31.4 Å². The highest BCUT2D eigenvalue weighted by Crippen LogP contribution is 2.17. The van der Waals surface area contributed by atoms with Crippen molar-refractivity contribution in [1.82, 2.24) is 10.2 Å². The summed E-state index contributed by atoms with van der Waals surface area (Å²) in [6.07, 6.45) is 0.844. The molecule has 0 radical (unpaired) electrons. The van der Waals surface area contributed by atoms with Gasteiger partial charge in [0, 0.05) is 17.6 Å². The molecule has 150 valence electrons. The molecule has 0 saturated heterocycles. The average molecular weight is 447 g/mol. The Balaban J connectivity index is 2.12. The van der Waals surface area contributed by atoms with Gasteiger partial charge in [-0.2, -0.15) is 0 Å². The lowest BCUT2D eigenvalue weighted by Crippen LogP contribution is -2.49. The third kappa shape index (κ3) is 6.68. The number of rotatable bonds is 9. The van der Waals surface area contributed by atoms with E-state index in [-0.39, 0.29) is 18.4 Å². The largest absolute Gasteiger partial charge is 0.484 e. The van der Waals surface area contributed by atoms with Gasteiger partial charge in [-0.1, -0.05) is 52.7 Å². The molecule has 28 heavy (non-hydrogen) atoms. The van der Waals surface area contributed by atoms with Crippen molar-refractivity contribution in [2.24, 2.45) is 0 Å². The van der Waals surface area contributed by atoms with E-state index in [2.05, 4.69) is 21.2 Å². The molecule has 1 N–H and O–H groups in total. The first-order valence-electron chi connectivity index (χ1n) is 9.41. The van der Waals surface area contributed by atoms with E-state index in [0.29, 0.717) is 18.8 Å². The molecule has 0 spiro atoms. The highest BCUT2D eigenvalue weighted by Gasteiger charge is 2.26. The minimum atomic E-state index is -0.590. The van der Waals surface area contributed by atoms with E-state index in [9.17, 15) is 9.59 Å². The number of ether oxygens (including phenoxy) is 1. The molecular formula is C22H27BrN2O3. The van der Waals surface area contributed by atoms with Crippen molar-refractivity contribution in [2.45, 2.75) is 39.8 Å². The Kier molecular flexibility index (Phi) is 8.51. The van der Waals surface area contributed by atoms with E-state index in [1.54, 1.807) is 24.0 Å². The van der Waals surface area contributed by atoms with Crippen molar-refractivity contribution in [3.8, 4) is 5.75 Å². The van der Waals surface area contributed by atoms with Gasteiger partial charge in [0.05, 0.1) is 0 Å². The van der Waals surface area contributed by atoms with E-state index in [1.807, 2.05) is 50.2 Å². The Morgan fingerprint density at radius 3 is 2.54 bits per heavy atom. The molecule has 0 saturated carbocycles. The molecule has 2 aromatic rings. The van der Waals surface area contributed by atoms with Gasteiger partial charge in [-0.25, -0.2) is 0 Å². The second-order valence-electron chi connectivity index (χ2n) is 6.72. The molecule has 0 aliphatic heterocycles. The molecule has 2 amide bonds. The summed E-state index contributed by atoms with van der Waals surface area (Å²) in [7, 11) is 0. The minimum Gasteiger partial charge on any atom is -0.484 e. The summed E-state index contributed by atoms with van der Waals surface area (Å²) in [6, 6.07) is 14.6. The summed E-state index contributed by atoms with van der Waals surface area (Å²) < 4.78 is 6.57. The van der Waals surface area contributed by atoms with Gasteiger partial charge in [0.25, 0.3) is 5.91 Å². The maximum atomic E-state index is 12.9. The number of hydrogen-bond acceptors (Lipinski definition) is 3. The monoisotopic (exact) mass is 446 g/mol. The van der Waals surface area contributed by atoms with Crippen LogP contribution in [-0.2, 0) is 16.1 Å². The molecular weight excluding hydrogens is 420 g/mol. The topological polar surface area (TPSA) is 58.6 Å². The number of benzene rings is 2. The predicted octanol–water partition coefficient (Wildman–Crippen LogP) is 4.08. The van der Waals surface area contributed by atoms with Gasteiger partial charge in [-0.05, 0) is 50.1 Å². The van der Waals surface area contributed by atoms with E-state index in [1.165, 1.54) is 0 Å². The van der Waals surface area contributed by atoms with Gasteiger partial charge in [-0.3, -0.25) is 9.59 Å². The zero-order valence-electron chi connectivity index (χ0n) is 16.6. The number of carbonyl (C=O) groups excluding carboxylic acids is 2. The lowest BCUT2D eigenvalue weighted by molar-refractivity contribution is -0.142. The molecule has 0 heterocycles. The zero-order chi connectivity index (χ0) is 20.5. The lowest BCUT2D eigenvalue weighted by Gasteiger charge is -2.28. The fraction of sp³-hybridized carbons (Fsp3) is 0.364. The Labute approximate surface area is 175 Å². The quantitative estimate of drug-likeness (QED) is 0.630. The van der Waals surface area contributed by atoms with Gasteiger partial charge in [0.1, 0.15) is 11.8 Å². The van der Waals surface area contributed by atoms with Crippen molar-refractivity contribution in [3.05, 3.63) is 64.1 Å². The Hall–Kier alpha value is -2.34. The highest BCUT2D eigenvalue weighted by atomic mass is 79.9. The summed E-state index contributed by atoms with van der Waals surface area (Å²) in [5.41, 5.74) is 2.09. The summed E-state index contributed by atoms with van der Waals surface area (Å²) in [6.45, 7) is 6.56. The second-order valence-corrected chi connectivity index (χ2v) is 7.64. The van der Waals surface area contributed by atoms with Gasteiger partial charge in [-0.15, -0.1) is 0 Å². The summed E-state index contributed by atoms with van der Waals surface area (Å²) >= 11 is 3.37. The Morgan fingerprint density at radius 1 is 1.18 bits per heavy atom. The predicted molar refractivity (Wildman–Crippen MR) is 114 cm³/mol. The Bertz CT molecular complexity index is 793. The molecule has 0 unspecified atom stereocenters. The van der Waals surface area contributed by atoms with Crippen molar-refractivity contribution in [2.75, 3.05) is 13.2 Å². The smallest absolute Gasteiger partial charge is 0.261 e. The Morgan fingerprint density at radius 2 is 1.89 bits per heavy atom. The second kappa shape index (κ2) is 10.9. The molecule has 6 heteroatoms. The first-order chi connectivity index (χ1) is 13.4. The lowest BCUT2D eigenvalue weighted by atomic mass is 10.1. The van der Waals surface area contributed by atoms with Crippen molar-refractivity contribution < 1.29 is 14.3 Å². The van der Waals surface area contributed by atoms with Crippen molar-refractivity contribution >= 4 is 27.7 Å². The van der Waals surface area contributed by atoms with E-state index >= 15 is 0 Å². The number of amides is 2. The van der Waals surface area contributed by atoms with Crippen LogP contribution >= 0.6 is 15.9 Å². The highest BCUT2D eigenvalue weighted by molar-refractivity contribution is 9.10. The number of carbonyl (C=O) groups is 2. The molecule has 2 aromatic carbocycles. The van der Waals surface area contributed by atoms with Crippen LogP contribution in [0.25, 0.3) is 0 Å². The number of halogens is 1. The fourth-order valence-corrected chi connectivity index (χ4v) is 3.01. The third-order valence-electron chi connectivity index (χ3n) is 4.33. The maximum absolute atomic E-state index is 12.9. The van der Waals surface area contributed by atoms with Crippen LogP contribution < -0.4 is 10.1 Å². The standard InChI is InChI=1S/C22H27BrN2O3/c1-4-12-24-22(27)17(3)25(14-18-7-5-6-16(2)13-18)21(26)15-28-20-10-8-19(23)9-11-20/h5-11,13,17H,4,12,14-15H2,1-3H3,(H,24,27)/t17-/m0/s1. The van der Waals surface area contributed by atoms with Crippen LogP contribution in [0.15, 0.2) is 53.0 Å². The number of nitrogens with one attached hydrogen (secondary N) is 1. The molecule has 0 aromatic heterocycles. The van der Waals surface area contributed by atoms with E-state index < -0.39 is 6.04 Å². The SMILES string of the molecule is CCCNC(=O)[C@H](C)N(Cc1cccc(C)c1)C(=O)COc1ccc(Br)cc1. The van der Waals surface area contributed by atoms with Crippen molar-refractivity contribution in [1.29, 1.82) is 0 Å². The van der Waals surface area contributed by atoms with Crippen LogP contribution in [0.2, 0.25) is 0 Å². The molecule has 2 rings (SSSR count). The zero-order valence-corrected chi connectivity index (χ0v) is 18.2. The van der Waals surface area contributed by atoms with Gasteiger partial charge < -0.3 is 15.0 Å². The molecule has 0 aliphatic carbocycles.